The van der Waals surface area contributed by atoms with Crippen LogP contribution in [0.15, 0.2) is 30.5 Å². The molecule has 0 atom stereocenters. The highest BCUT2D eigenvalue weighted by molar-refractivity contribution is 5.65. The summed E-state index contributed by atoms with van der Waals surface area (Å²) >= 11 is 0. The zero-order valence-corrected chi connectivity index (χ0v) is 8.68. The van der Waals surface area contributed by atoms with E-state index in [-0.39, 0.29) is 5.82 Å². The van der Waals surface area contributed by atoms with Crippen LogP contribution < -0.4 is 5.32 Å². The Kier molecular flexibility index (Phi) is 4.17. The average Bonchev–Trinajstić information content (AvgIpc) is 2.19. The van der Waals surface area contributed by atoms with Gasteiger partial charge in [-0.15, -0.1) is 0 Å². The number of halogens is 1. The van der Waals surface area contributed by atoms with Gasteiger partial charge in [0, 0.05) is 7.05 Å². The Bertz CT molecular complexity index is 301. The van der Waals surface area contributed by atoms with Crippen molar-refractivity contribution in [1.82, 2.24) is 5.32 Å². The van der Waals surface area contributed by atoms with Gasteiger partial charge in [0.15, 0.2) is 0 Å². The second-order valence-corrected chi connectivity index (χ2v) is 3.22. The SMILES string of the molecule is CCC/C(=C/NC)c1ccc(F)cc1. The first-order chi connectivity index (χ1) is 6.77. The summed E-state index contributed by atoms with van der Waals surface area (Å²) in [6.07, 6.45) is 4.06. The first kappa shape index (κ1) is 10.8. The van der Waals surface area contributed by atoms with E-state index < -0.39 is 0 Å². The number of benzene rings is 1. The van der Waals surface area contributed by atoms with Gasteiger partial charge in [0.05, 0.1) is 0 Å². The van der Waals surface area contributed by atoms with Crippen LogP contribution in [0.2, 0.25) is 0 Å². The molecule has 1 N–H and O–H groups in total. The molecule has 0 spiro atoms. The fourth-order valence-electron chi connectivity index (χ4n) is 1.41. The smallest absolute Gasteiger partial charge is 0.123 e. The Morgan fingerprint density at radius 2 is 2.00 bits per heavy atom. The van der Waals surface area contributed by atoms with Gasteiger partial charge in [0.25, 0.3) is 0 Å². The van der Waals surface area contributed by atoms with Crippen molar-refractivity contribution in [2.75, 3.05) is 7.05 Å². The van der Waals surface area contributed by atoms with Crippen molar-refractivity contribution in [3.8, 4) is 0 Å². The summed E-state index contributed by atoms with van der Waals surface area (Å²) in [6, 6.07) is 6.62. The highest BCUT2D eigenvalue weighted by Gasteiger charge is 2.00. The molecule has 0 fully saturated rings. The molecule has 0 aliphatic heterocycles. The molecule has 0 radical (unpaired) electrons. The molecular weight excluding hydrogens is 177 g/mol. The number of allylic oxidation sites excluding steroid dienone is 1. The number of hydrogen-bond donors (Lipinski definition) is 1. The van der Waals surface area contributed by atoms with Crippen LogP contribution in [0, 0.1) is 5.82 Å². The molecule has 0 unspecified atom stereocenters. The third-order valence-corrected chi connectivity index (χ3v) is 2.05. The Morgan fingerprint density at radius 1 is 1.36 bits per heavy atom. The van der Waals surface area contributed by atoms with Crippen LogP contribution in [0.3, 0.4) is 0 Å². The van der Waals surface area contributed by atoms with Gasteiger partial charge in [0.2, 0.25) is 0 Å². The van der Waals surface area contributed by atoms with E-state index in [1.165, 1.54) is 17.7 Å². The van der Waals surface area contributed by atoms with Crippen molar-refractivity contribution < 1.29 is 4.39 Å². The molecule has 1 aromatic rings. The fraction of sp³-hybridized carbons (Fsp3) is 0.333. The standard InChI is InChI=1S/C12H16FN/c1-3-4-11(9-14-2)10-5-7-12(13)8-6-10/h5-9,14H,3-4H2,1-2H3/b11-9-. The zero-order chi connectivity index (χ0) is 10.4. The molecule has 0 saturated heterocycles. The molecular formula is C12H16FN. The molecule has 1 aromatic carbocycles. The van der Waals surface area contributed by atoms with E-state index in [2.05, 4.69) is 12.2 Å². The molecule has 0 bridgehead atoms. The maximum atomic E-state index is 12.7. The predicted octanol–water partition coefficient (Wildman–Crippen LogP) is 3.19. The maximum Gasteiger partial charge on any atom is 0.123 e. The highest BCUT2D eigenvalue weighted by atomic mass is 19.1. The van der Waals surface area contributed by atoms with Crippen molar-refractivity contribution in [2.24, 2.45) is 0 Å². The first-order valence-electron chi connectivity index (χ1n) is 4.90. The molecule has 0 aliphatic rings. The van der Waals surface area contributed by atoms with Gasteiger partial charge in [-0.05, 0) is 35.9 Å². The summed E-state index contributed by atoms with van der Waals surface area (Å²) in [5.74, 6) is -0.186. The van der Waals surface area contributed by atoms with E-state index in [1.807, 2.05) is 25.4 Å². The average molecular weight is 193 g/mol. The number of rotatable bonds is 4. The van der Waals surface area contributed by atoms with Gasteiger partial charge in [-0.1, -0.05) is 25.5 Å². The Labute approximate surface area is 84.6 Å². The van der Waals surface area contributed by atoms with Gasteiger partial charge in [-0.25, -0.2) is 4.39 Å². The van der Waals surface area contributed by atoms with Crippen LogP contribution in [0.1, 0.15) is 25.3 Å². The summed E-state index contributed by atoms with van der Waals surface area (Å²) in [6.45, 7) is 2.13. The summed E-state index contributed by atoms with van der Waals surface area (Å²) < 4.78 is 12.7. The third kappa shape index (κ3) is 2.87. The van der Waals surface area contributed by atoms with Crippen LogP contribution in [0.4, 0.5) is 4.39 Å². The Balaban J connectivity index is 2.88. The summed E-state index contributed by atoms with van der Waals surface area (Å²) in [4.78, 5) is 0. The monoisotopic (exact) mass is 193 g/mol. The van der Waals surface area contributed by atoms with Crippen LogP contribution >= 0.6 is 0 Å². The molecule has 0 aromatic heterocycles. The van der Waals surface area contributed by atoms with Crippen molar-refractivity contribution in [2.45, 2.75) is 19.8 Å². The molecule has 14 heavy (non-hydrogen) atoms. The van der Waals surface area contributed by atoms with Gasteiger partial charge in [-0.3, -0.25) is 0 Å². The molecule has 0 saturated carbocycles. The molecule has 2 heteroatoms. The van der Waals surface area contributed by atoms with Crippen molar-refractivity contribution in [1.29, 1.82) is 0 Å². The van der Waals surface area contributed by atoms with Crippen molar-refractivity contribution >= 4 is 5.57 Å². The highest BCUT2D eigenvalue weighted by Crippen LogP contribution is 2.19. The topological polar surface area (TPSA) is 12.0 Å². The number of hydrogen-bond acceptors (Lipinski definition) is 1. The summed E-state index contributed by atoms with van der Waals surface area (Å²) in [7, 11) is 1.87. The Hall–Kier alpha value is -1.31. The van der Waals surface area contributed by atoms with Crippen LogP contribution in [0.25, 0.3) is 5.57 Å². The van der Waals surface area contributed by atoms with Crippen LogP contribution in [-0.2, 0) is 0 Å². The van der Waals surface area contributed by atoms with E-state index in [9.17, 15) is 4.39 Å². The van der Waals surface area contributed by atoms with Gasteiger partial charge in [0.1, 0.15) is 5.82 Å². The normalized spacial score (nSPS) is 11.5. The summed E-state index contributed by atoms with van der Waals surface area (Å²) in [5, 5.41) is 3.01. The van der Waals surface area contributed by atoms with E-state index in [0.29, 0.717) is 0 Å². The second kappa shape index (κ2) is 5.43. The van der Waals surface area contributed by atoms with Crippen LogP contribution in [0.5, 0.6) is 0 Å². The third-order valence-electron chi connectivity index (χ3n) is 2.05. The minimum atomic E-state index is -0.186. The summed E-state index contributed by atoms with van der Waals surface area (Å²) in [5.41, 5.74) is 2.30. The van der Waals surface area contributed by atoms with E-state index in [4.69, 9.17) is 0 Å². The maximum absolute atomic E-state index is 12.7. The van der Waals surface area contributed by atoms with Crippen molar-refractivity contribution in [3.63, 3.8) is 0 Å². The van der Waals surface area contributed by atoms with Gasteiger partial charge in [-0.2, -0.15) is 0 Å². The zero-order valence-electron chi connectivity index (χ0n) is 8.68. The largest absolute Gasteiger partial charge is 0.394 e. The van der Waals surface area contributed by atoms with E-state index in [1.54, 1.807) is 0 Å². The first-order valence-corrected chi connectivity index (χ1v) is 4.90. The quantitative estimate of drug-likeness (QED) is 0.774. The lowest BCUT2D eigenvalue weighted by molar-refractivity contribution is 0.627. The number of nitrogens with one attached hydrogen (secondary N) is 1. The Morgan fingerprint density at radius 3 is 2.50 bits per heavy atom. The fourth-order valence-corrected chi connectivity index (χ4v) is 1.41. The molecule has 76 valence electrons. The lowest BCUT2D eigenvalue weighted by atomic mass is 10.0. The van der Waals surface area contributed by atoms with E-state index >= 15 is 0 Å². The lowest BCUT2D eigenvalue weighted by Gasteiger charge is -2.06. The molecule has 0 heterocycles. The minimum Gasteiger partial charge on any atom is -0.394 e. The van der Waals surface area contributed by atoms with E-state index in [0.717, 1.165) is 18.4 Å². The molecule has 0 aliphatic carbocycles. The van der Waals surface area contributed by atoms with Gasteiger partial charge >= 0.3 is 0 Å². The minimum absolute atomic E-state index is 0.186. The van der Waals surface area contributed by atoms with Crippen molar-refractivity contribution in [3.05, 3.63) is 41.8 Å². The van der Waals surface area contributed by atoms with Gasteiger partial charge < -0.3 is 5.32 Å². The second-order valence-electron chi connectivity index (χ2n) is 3.22. The molecule has 1 nitrogen and oxygen atoms in total. The predicted molar refractivity (Wildman–Crippen MR) is 58.3 cm³/mol. The molecule has 1 rings (SSSR count). The van der Waals surface area contributed by atoms with Crippen LogP contribution in [-0.4, -0.2) is 7.05 Å². The molecule has 0 amide bonds. The lowest BCUT2D eigenvalue weighted by Crippen LogP contribution is -1.96.